The molecule has 1 aromatic heterocycles. The maximum absolute atomic E-state index is 12.2. The minimum atomic E-state index is -0.484. The molecule has 0 unspecified atom stereocenters. The molecule has 0 aliphatic rings. The highest BCUT2D eigenvalue weighted by Gasteiger charge is 2.13. The summed E-state index contributed by atoms with van der Waals surface area (Å²) in [4.78, 5) is 22.5. The van der Waals surface area contributed by atoms with Gasteiger partial charge in [0.15, 0.2) is 5.16 Å². The van der Waals surface area contributed by atoms with Crippen LogP contribution in [0.4, 0.5) is 11.4 Å². The fraction of sp³-hybridized carbons (Fsp3) is 0.438. The number of amides is 1. The number of nitro benzene ring substituents is 1. The molecule has 0 atom stereocenters. The Morgan fingerprint density at radius 1 is 1.40 bits per heavy atom. The standard InChI is InChI=1S/C16H21N5O3S/c1-3-4-5-8-20-11-17-19-16(20)25-10-15(22)18-14-9-13(21(23)24)7-6-12(14)2/h6-7,9,11H,3-5,8,10H2,1-2H3,(H,18,22). The molecule has 1 aromatic carbocycles. The van der Waals surface area contributed by atoms with Gasteiger partial charge < -0.3 is 9.88 Å². The van der Waals surface area contributed by atoms with Crippen LogP contribution < -0.4 is 5.32 Å². The molecule has 9 heteroatoms. The summed E-state index contributed by atoms with van der Waals surface area (Å²) < 4.78 is 1.94. The molecular weight excluding hydrogens is 342 g/mol. The lowest BCUT2D eigenvalue weighted by Crippen LogP contribution is -2.15. The number of rotatable bonds is 9. The van der Waals surface area contributed by atoms with E-state index in [0.717, 1.165) is 31.4 Å². The first-order valence-corrected chi connectivity index (χ1v) is 9.05. The quantitative estimate of drug-likeness (QED) is 0.317. The molecule has 25 heavy (non-hydrogen) atoms. The van der Waals surface area contributed by atoms with Gasteiger partial charge in [-0.2, -0.15) is 0 Å². The Bertz CT molecular complexity index is 747. The first-order valence-electron chi connectivity index (χ1n) is 8.06. The number of carbonyl (C=O) groups is 1. The summed E-state index contributed by atoms with van der Waals surface area (Å²) in [7, 11) is 0. The molecule has 8 nitrogen and oxygen atoms in total. The van der Waals surface area contributed by atoms with Crippen LogP contribution in [0.25, 0.3) is 0 Å². The van der Waals surface area contributed by atoms with Crippen molar-refractivity contribution >= 4 is 29.0 Å². The van der Waals surface area contributed by atoms with Crippen LogP contribution in [-0.4, -0.2) is 31.3 Å². The maximum atomic E-state index is 12.2. The van der Waals surface area contributed by atoms with E-state index in [1.54, 1.807) is 19.3 Å². The Morgan fingerprint density at radius 3 is 2.92 bits per heavy atom. The Kier molecular flexibility index (Phi) is 6.93. The van der Waals surface area contributed by atoms with Gasteiger partial charge in [-0.3, -0.25) is 14.9 Å². The van der Waals surface area contributed by atoms with Crippen molar-refractivity contribution in [3.8, 4) is 0 Å². The van der Waals surface area contributed by atoms with Crippen molar-refractivity contribution in [2.75, 3.05) is 11.1 Å². The van der Waals surface area contributed by atoms with E-state index in [4.69, 9.17) is 0 Å². The molecule has 0 aliphatic heterocycles. The van der Waals surface area contributed by atoms with Crippen molar-refractivity contribution in [1.82, 2.24) is 14.8 Å². The lowest BCUT2D eigenvalue weighted by molar-refractivity contribution is -0.384. The fourth-order valence-electron chi connectivity index (χ4n) is 2.22. The number of unbranched alkanes of at least 4 members (excludes halogenated alkanes) is 2. The molecule has 1 amide bonds. The van der Waals surface area contributed by atoms with Gasteiger partial charge in [-0.15, -0.1) is 10.2 Å². The van der Waals surface area contributed by atoms with E-state index in [1.165, 1.54) is 23.9 Å². The fourth-order valence-corrected chi connectivity index (χ4v) is 2.96. The van der Waals surface area contributed by atoms with Crippen LogP contribution in [0.3, 0.4) is 0 Å². The van der Waals surface area contributed by atoms with Crippen molar-refractivity contribution in [3.05, 3.63) is 40.2 Å². The van der Waals surface area contributed by atoms with Gasteiger partial charge >= 0.3 is 0 Å². The normalized spacial score (nSPS) is 10.6. The van der Waals surface area contributed by atoms with Gasteiger partial charge in [0.1, 0.15) is 6.33 Å². The monoisotopic (exact) mass is 363 g/mol. The number of hydrogen-bond acceptors (Lipinski definition) is 6. The highest BCUT2D eigenvalue weighted by molar-refractivity contribution is 7.99. The smallest absolute Gasteiger partial charge is 0.271 e. The molecule has 2 aromatic rings. The third kappa shape index (κ3) is 5.56. The minimum Gasteiger partial charge on any atom is -0.325 e. The largest absolute Gasteiger partial charge is 0.325 e. The number of aromatic nitrogens is 3. The highest BCUT2D eigenvalue weighted by Crippen LogP contribution is 2.22. The summed E-state index contributed by atoms with van der Waals surface area (Å²) in [5.41, 5.74) is 1.17. The molecule has 1 heterocycles. The molecule has 0 bridgehead atoms. The van der Waals surface area contributed by atoms with Crippen molar-refractivity contribution in [1.29, 1.82) is 0 Å². The summed E-state index contributed by atoms with van der Waals surface area (Å²) >= 11 is 1.30. The summed E-state index contributed by atoms with van der Waals surface area (Å²) in [5, 5.41) is 22.2. The Labute approximate surface area is 150 Å². The number of benzene rings is 1. The Balaban J connectivity index is 1.92. The third-order valence-electron chi connectivity index (χ3n) is 3.62. The van der Waals surface area contributed by atoms with Crippen LogP contribution in [-0.2, 0) is 11.3 Å². The van der Waals surface area contributed by atoms with Crippen LogP contribution in [0.1, 0.15) is 31.7 Å². The second-order valence-corrected chi connectivity index (χ2v) is 6.55. The van der Waals surface area contributed by atoms with E-state index in [2.05, 4.69) is 22.4 Å². The van der Waals surface area contributed by atoms with Gasteiger partial charge in [-0.25, -0.2) is 0 Å². The molecular formula is C16H21N5O3S. The predicted molar refractivity (Wildman–Crippen MR) is 96.7 cm³/mol. The molecule has 0 fully saturated rings. The highest BCUT2D eigenvalue weighted by atomic mass is 32.2. The molecule has 0 saturated carbocycles. The zero-order chi connectivity index (χ0) is 18.2. The van der Waals surface area contributed by atoms with Gasteiger partial charge in [-0.05, 0) is 18.9 Å². The second-order valence-electron chi connectivity index (χ2n) is 5.61. The summed E-state index contributed by atoms with van der Waals surface area (Å²) in [6.45, 7) is 4.76. The number of thioether (sulfide) groups is 1. The average Bonchev–Trinajstić information content (AvgIpc) is 3.02. The lowest BCUT2D eigenvalue weighted by atomic mass is 10.2. The van der Waals surface area contributed by atoms with Gasteiger partial charge in [0, 0.05) is 18.7 Å². The summed E-state index contributed by atoms with van der Waals surface area (Å²) in [5.74, 6) is -0.0778. The van der Waals surface area contributed by atoms with E-state index in [0.29, 0.717) is 10.8 Å². The molecule has 1 N–H and O–H groups in total. The maximum Gasteiger partial charge on any atom is 0.271 e. The number of carbonyl (C=O) groups excluding carboxylic acids is 1. The van der Waals surface area contributed by atoms with E-state index in [-0.39, 0.29) is 17.3 Å². The lowest BCUT2D eigenvalue weighted by Gasteiger charge is -2.08. The van der Waals surface area contributed by atoms with Crippen LogP contribution in [0, 0.1) is 17.0 Å². The molecule has 0 radical (unpaired) electrons. The molecule has 0 spiro atoms. The van der Waals surface area contributed by atoms with Crippen molar-refractivity contribution < 1.29 is 9.72 Å². The summed E-state index contributed by atoms with van der Waals surface area (Å²) in [6.07, 6.45) is 4.98. The number of aryl methyl sites for hydroxylation is 2. The van der Waals surface area contributed by atoms with Gasteiger partial charge in [0.25, 0.3) is 5.69 Å². The number of hydrogen-bond donors (Lipinski definition) is 1. The van der Waals surface area contributed by atoms with E-state index >= 15 is 0 Å². The van der Waals surface area contributed by atoms with E-state index < -0.39 is 4.92 Å². The van der Waals surface area contributed by atoms with Gasteiger partial charge in [0.2, 0.25) is 5.91 Å². The number of non-ortho nitro benzene ring substituents is 1. The van der Waals surface area contributed by atoms with Crippen LogP contribution >= 0.6 is 11.8 Å². The molecule has 134 valence electrons. The van der Waals surface area contributed by atoms with Crippen molar-refractivity contribution in [2.45, 2.75) is 44.8 Å². The third-order valence-corrected chi connectivity index (χ3v) is 4.60. The SMILES string of the molecule is CCCCCn1cnnc1SCC(=O)Nc1cc([N+](=O)[O-])ccc1C. The molecule has 2 rings (SSSR count). The zero-order valence-corrected chi connectivity index (χ0v) is 15.1. The first-order chi connectivity index (χ1) is 12.0. The Morgan fingerprint density at radius 2 is 2.20 bits per heavy atom. The minimum absolute atomic E-state index is 0.0516. The van der Waals surface area contributed by atoms with Gasteiger partial charge in [0.05, 0.1) is 16.4 Å². The van der Waals surface area contributed by atoms with Crippen LogP contribution in [0.2, 0.25) is 0 Å². The zero-order valence-electron chi connectivity index (χ0n) is 14.3. The van der Waals surface area contributed by atoms with Gasteiger partial charge in [-0.1, -0.05) is 37.6 Å². The van der Waals surface area contributed by atoms with E-state index in [1.807, 2.05) is 4.57 Å². The van der Waals surface area contributed by atoms with Crippen LogP contribution in [0.5, 0.6) is 0 Å². The first kappa shape index (κ1) is 18.9. The predicted octanol–water partition coefficient (Wildman–Crippen LogP) is 3.42. The number of nitro groups is 1. The number of nitrogens with zero attached hydrogens (tertiary/aromatic N) is 4. The summed E-state index contributed by atoms with van der Waals surface area (Å²) in [6, 6.07) is 4.40. The topological polar surface area (TPSA) is 103 Å². The van der Waals surface area contributed by atoms with Crippen molar-refractivity contribution in [2.24, 2.45) is 0 Å². The Hall–Kier alpha value is -2.42. The second kappa shape index (κ2) is 9.16. The number of anilines is 1. The van der Waals surface area contributed by atoms with Crippen molar-refractivity contribution in [3.63, 3.8) is 0 Å². The molecule has 0 aliphatic carbocycles. The number of nitrogens with one attached hydrogen (secondary N) is 1. The molecule has 0 saturated heterocycles. The van der Waals surface area contributed by atoms with E-state index in [9.17, 15) is 14.9 Å². The average molecular weight is 363 g/mol. The van der Waals surface area contributed by atoms with Crippen LogP contribution in [0.15, 0.2) is 29.7 Å².